The molecule has 0 bridgehead atoms. The number of rotatable bonds is 7. The zero-order valence-corrected chi connectivity index (χ0v) is 20.2. The van der Waals surface area contributed by atoms with Gasteiger partial charge in [0.05, 0.1) is 16.1 Å². The largest absolute Gasteiger partial charge is 0.350 e. The second-order valence-corrected chi connectivity index (χ2v) is 9.23. The number of nitrogens with two attached hydrogens (primary N) is 1. The van der Waals surface area contributed by atoms with Gasteiger partial charge in [-0.3, -0.25) is 9.59 Å². The van der Waals surface area contributed by atoms with Crippen LogP contribution in [0.5, 0.6) is 0 Å². The third-order valence-corrected chi connectivity index (χ3v) is 7.14. The molecule has 176 valence electrons. The lowest BCUT2D eigenvalue weighted by Gasteiger charge is -2.31. The van der Waals surface area contributed by atoms with E-state index in [1.54, 1.807) is 17.0 Å². The number of likely N-dealkylation sites (tertiary alicyclic amines) is 1. The summed E-state index contributed by atoms with van der Waals surface area (Å²) in [5.41, 5.74) is 9.27. The Bertz CT molecular complexity index is 1100. The summed E-state index contributed by atoms with van der Waals surface area (Å²) in [6.45, 7) is 0.734. The molecule has 0 radical (unpaired) electrons. The van der Waals surface area contributed by atoms with Gasteiger partial charge in [-0.25, -0.2) is 0 Å². The smallest absolute Gasteiger partial charge is 0.243 e. The summed E-state index contributed by atoms with van der Waals surface area (Å²) >= 11 is 12.3. The molecule has 34 heavy (non-hydrogen) atoms. The minimum Gasteiger partial charge on any atom is -0.350 e. The van der Waals surface area contributed by atoms with E-state index in [1.165, 1.54) is 0 Å². The zero-order chi connectivity index (χ0) is 24.1. The number of carbonyl (C=O) groups is 2. The van der Waals surface area contributed by atoms with Crippen molar-refractivity contribution in [2.45, 2.75) is 37.4 Å². The molecule has 7 heteroatoms. The van der Waals surface area contributed by atoms with Crippen molar-refractivity contribution in [1.82, 2.24) is 10.2 Å². The molecule has 1 fully saturated rings. The molecule has 5 nitrogen and oxygen atoms in total. The van der Waals surface area contributed by atoms with Gasteiger partial charge in [0.25, 0.3) is 0 Å². The molecule has 0 spiro atoms. The van der Waals surface area contributed by atoms with Gasteiger partial charge in [0, 0.05) is 19.0 Å². The number of hydrogen-bond donors (Lipinski definition) is 2. The predicted octanol–water partition coefficient (Wildman–Crippen LogP) is 4.76. The number of hydrogen-bond acceptors (Lipinski definition) is 3. The van der Waals surface area contributed by atoms with Crippen LogP contribution in [0, 0.1) is 0 Å². The van der Waals surface area contributed by atoms with E-state index in [1.807, 2.05) is 66.7 Å². The fourth-order valence-electron chi connectivity index (χ4n) is 4.55. The van der Waals surface area contributed by atoms with E-state index in [-0.39, 0.29) is 24.3 Å². The normalized spacial score (nSPS) is 16.5. The van der Waals surface area contributed by atoms with Gasteiger partial charge < -0.3 is 16.0 Å². The highest BCUT2D eigenvalue weighted by atomic mass is 35.5. The third-order valence-electron chi connectivity index (χ3n) is 6.28. The number of nitrogens with zero attached hydrogens (tertiary/aromatic N) is 1. The molecule has 0 saturated carbocycles. The lowest BCUT2D eigenvalue weighted by atomic mass is 9.84. The molecule has 2 unspecified atom stereocenters. The molecule has 3 aromatic rings. The Kier molecular flexibility index (Phi) is 7.88. The molecule has 3 aromatic carbocycles. The maximum Gasteiger partial charge on any atom is 0.243 e. The average Bonchev–Trinajstić information content (AvgIpc) is 3.36. The Morgan fingerprint density at radius 1 is 0.941 bits per heavy atom. The molecular weight excluding hydrogens is 469 g/mol. The van der Waals surface area contributed by atoms with E-state index < -0.39 is 12.1 Å². The first kappa shape index (κ1) is 24.3. The van der Waals surface area contributed by atoms with Crippen LogP contribution < -0.4 is 11.1 Å². The Morgan fingerprint density at radius 2 is 1.56 bits per heavy atom. The summed E-state index contributed by atoms with van der Waals surface area (Å²) in [5.74, 6) is -0.759. The highest BCUT2D eigenvalue weighted by Crippen LogP contribution is 2.30. The second-order valence-electron chi connectivity index (χ2n) is 8.45. The minimum absolute atomic E-state index is 0.218. The minimum atomic E-state index is -0.819. The third kappa shape index (κ3) is 5.27. The SMILES string of the molecule is NC(C(=O)N1CCCC1C(=O)NCc1cccc(Cl)c1Cl)C(c1ccccc1)c1ccccc1. The number of benzene rings is 3. The molecular formula is C27H27Cl2N3O2. The van der Waals surface area contributed by atoms with Crippen molar-refractivity contribution in [2.75, 3.05) is 6.54 Å². The van der Waals surface area contributed by atoms with Crippen LogP contribution >= 0.6 is 23.2 Å². The van der Waals surface area contributed by atoms with Crippen molar-refractivity contribution in [2.24, 2.45) is 5.73 Å². The molecule has 2 amide bonds. The molecule has 0 aliphatic carbocycles. The Hall–Kier alpha value is -2.86. The molecule has 0 aromatic heterocycles. The Balaban J connectivity index is 1.51. The van der Waals surface area contributed by atoms with Gasteiger partial charge in [-0.1, -0.05) is 96.0 Å². The van der Waals surface area contributed by atoms with E-state index in [2.05, 4.69) is 5.32 Å². The van der Waals surface area contributed by atoms with Gasteiger partial charge in [0.1, 0.15) is 6.04 Å². The molecule has 1 aliphatic heterocycles. The number of amides is 2. The van der Waals surface area contributed by atoms with E-state index in [4.69, 9.17) is 28.9 Å². The average molecular weight is 496 g/mol. The van der Waals surface area contributed by atoms with Gasteiger partial charge in [0.2, 0.25) is 11.8 Å². The number of carbonyl (C=O) groups excluding carboxylic acids is 2. The van der Waals surface area contributed by atoms with Crippen LogP contribution in [0.25, 0.3) is 0 Å². The fourth-order valence-corrected chi connectivity index (χ4v) is 4.94. The van der Waals surface area contributed by atoms with Crippen LogP contribution in [0.4, 0.5) is 0 Å². The van der Waals surface area contributed by atoms with E-state index in [0.29, 0.717) is 23.0 Å². The maximum absolute atomic E-state index is 13.6. The summed E-state index contributed by atoms with van der Waals surface area (Å²) < 4.78 is 0. The van der Waals surface area contributed by atoms with Gasteiger partial charge in [0.15, 0.2) is 0 Å². The van der Waals surface area contributed by atoms with Crippen LogP contribution in [-0.4, -0.2) is 35.3 Å². The Morgan fingerprint density at radius 3 is 2.18 bits per heavy atom. The number of nitrogens with one attached hydrogen (secondary N) is 1. The molecule has 1 aliphatic rings. The fraction of sp³-hybridized carbons (Fsp3) is 0.259. The molecule has 2 atom stereocenters. The monoisotopic (exact) mass is 495 g/mol. The van der Waals surface area contributed by atoms with Crippen molar-refractivity contribution < 1.29 is 9.59 Å². The zero-order valence-electron chi connectivity index (χ0n) is 18.7. The van der Waals surface area contributed by atoms with Crippen molar-refractivity contribution >= 4 is 35.0 Å². The lowest BCUT2D eigenvalue weighted by Crippen LogP contribution is -2.52. The number of halogens is 2. The summed E-state index contributed by atoms with van der Waals surface area (Å²) in [7, 11) is 0. The summed E-state index contributed by atoms with van der Waals surface area (Å²) in [6.07, 6.45) is 1.34. The van der Waals surface area contributed by atoms with Gasteiger partial charge >= 0.3 is 0 Å². The summed E-state index contributed by atoms with van der Waals surface area (Å²) in [6, 6.07) is 23.5. The van der Waals surface area contributed by atoms with Crippen LogP contribution in [0.3, 0.4) is 0 Å². The standard InChI is InChI=1S/C27H27Cl2N3O2/c28-21-14-7-13-20(24(21)29)17-31-26(33)22-15-8-16-32(22)27(34)25(30)23(18-9-3-1-4-10-18)19-11-5-2-6-12-19/h1-7,9-14,22-23,25H,8,15-17,30H2,(H,31,33). The molecule has 4 rings (SSSR count). The van der Waals surface area contributed by atoms with E-state index >= 15 is 0 Å². The first-order valence-corrected chi connectivity index (χ1v) is 12.1. The lowest BCUT2D eigenvalue weighted by molar-refractivity contribution is -0.139. The van der Waals surface area contributed by atoms with Gasteiger partial charge in [-0.2, -0.15) is 0 Å². The topological polar surface area (TPSA) is 75.4 Å². The highest BCUT2D eigenvalue weighted by Gasteiger charge is 2.39. The van der Waals surface area contributed by atoms with Crippen LogP contribution in [0.2, 0.25) is 10.0 Å². The highest BCUT2D eigenvalue weighted by molar-refractivity contribution is 6.42. The summed E-state index contributed by atoms with van der Waals surface area (Å²) in [5, 5.41) is 3.76. The van der Waals surface area contributed by atoms with Crippen LogP contribution in [-0.2, 0) is 16.1 Å². The van der Waals surface area contributed by atoms with Crippen LogP contribution in [0.1, 0.15) is 35.4 Å². The van der Waals surface area contributed by atoms with Crippen molar-refractivity contribution in [3.63, 3.8) is 0 Å². The van der Waals surface area contributed by atoms with Crippen molar-refractivity contribution in [3.05, 3.63) is 106 Å². The first-order valence-electron chi connectivity index (χ1n) is 11.3. The van der Waals surface area contributed by atoms with Crippen molar-refractivity contribution in [3.8, 4) is 0 Å². The molecule has 3 N–H and O–H groups in total. The quantitative estimate of drug-likeness (QED) is 0.495. The van der Waals surface area contributed by atoms with Gasteiger partial charge in [-0.05, 0) is 35.6 Å². The summed E-state index contributed by atoms with van der Waals surface area (Å²) in [4.78, 5) is 28.3. The van der Waals surface area contributed by atoms with Crippen LogP contribution in [0.15, 0.2) is 78.9 Å². The van der Waals surface area contributed by atoms with Crippen molar-refractivity contribution in [1.29, 1.82) is 0 Å². The van der Waals surface area contributed by atoms with Gasteiger partial charge in [-0.15, -0.1) is 0 Å². The van der Waals surface area contributed by atoms with E-state index in [0.717, 1.165) is 23.1 Å². The van der Waals surface area contributed by atoms with E-state index in [9.17, 15) is 9.59 Å². The molecule has 1 heterocycles. The Labute approximate surface area is 209 Å². The second kappa shape index (κ2) is 11.0. The molecule has 1 saturated heterocycles. The maximum atomic E-state index is 13.6. The predicted molar refractivity (Wildman–Crippen MR) is 136 cm³/mol. The first-order chi connectivity index (χ1) is 16.5.